The molecule has 0 saturated heterocycles. The second-order valence-corrected chi connectivity index (χ2v) is 7.21. The van der Waals surface area contributed by atoms with Gasteiger partial charge in [0.1, 0.15) is 11.5 Å². The lowest BCUT2D eigenvalue weighted by Gasteiger charge is -2.07. The molecule has 9 heteroatoms. The molecule has 154 valence electrons. The first kappa shape index (κ1) is 18.6. The fraction of sp³-hybridized carbons (Fsp3) is 0.0909. The number of carbonyl (C=O) groups is 1. The Balaban J connectivity index is 1.32. The van der Waals surface area contributed by atoms with Crippen molar-refractivity contribution in [2.24, 2.45) is 7.05 Å². The van der Waals surface area contributed by atoms with Crippen molar-refractivity contribution in [2.45, 2.75) is 6.92 Å². The third-order valence-corrected chi connectivity index (χ3v) is 4.89. The van der Waals surface area contributed by atoms with Gasteiger partial charge in [0.15, 0.2) is 5.82 Å². The van der Waals surface area contributed by atoms with E-state index in [2.05, 4.69) is 49.3 Å². The number of rotatable bonds is 4. The third-order valence-electron chi connectivity index (χ3n) is 4.89. The molecule has 0 aliphatic rings. The van der Waals surface area contributed by atoms with E-state index in [0.29, 0.717) is 17.3 Å². The van der Waals surface area contributed by atoms with Gasteiger partial charge in [0, 0.05) is 35.9 Å². The zero-order valence-corrected chi connectivity index (χ0v) is 16.9. The highest BCUT2D eigenvalue weighted by Gasteiger charge is 2.11. The minimum atomic E-state index is -0.386. The Kier molecular flexibility index (Phi) is 4.47. The highest BCUT2D eigenvalue weighted by molar-refractivity contribution is 5.99. The average Bonchev–Trinajstić information content (AvgIpc) is 3.48. The third kappa shape index (κ3) is 3.76. The molecule has 0 bridgehead atoms. The quantitative estimate of drug-likeness (QED) is 0.399. The fourth-order valence-electron chi connectivity index (χ4n) is 3.41. The van der Waals surface area contributed by atoms with Crippen LogP contribution in [0.3, 0.4) is 0 Å². The minimum absolute atomic E-state index is 0.366. The maximum Gasteiger partial charge on any atom is 0.324 e. The molecule has 0 fully saturated rings. The Morgan fingerprint density at radius 2 is 1.84 bits per heavy atom. The minimum Gasteiger partial charge on any atom is -0.360 e. The van der Waals surface area contributed by atoms with Gasteiger partial charge in [0.2, 0.25) is 0 Å². The SMILES string of the molecule is Cc1cc(NC(=O)Nc2ccc(-c3ccc4c(-c5cnn(C)c5)n[nH]c4c3)cc2)no1. The monoisotopic (exact) mass is 413 g/mol. The number of nitrogens with zero attached hydrogens (tertiary/aromatic N) is 4. The van der Waals surface area contributed by atoms with Crippen molar-refractivity contribution in [1.82, 2.24) is 25.1 Å². The summed E-state index contributed by atoms with van der Waals surface area (Å²) < 4.78 is 6.69. The molecule has 0 unspecified atom stereocenters. The molecule has 2 amide bonds. The van der Waals surface area contributed by atoms with Crippen LogP contribution in [-0.2, 0) is 7.05 Å². The van der Waals surface area contributed by atoms with Gasteiger partial charge in [0.05, 0.1) is 11.7 Å². The summed E-state index contributed by atoms with van der Waals surface area (Å²) >= 11 is 0. The molecule has 0 saturated carbocycles. The van der Waals surface area contributed by atoms with Gasteiger partial charge in [-0.05, 0) is 42.3 Å². The smallest absolute Gasteiger partial charge is 0.324 e. The fourth-order valence-corrected chi connectivity index (χ4v) is 3.41. The maximum absolute atomic E-state index is 12.1. The molecule has 0 radical (unpaired) electrons. The van der Waals surface area contributed by atoms with E-state index in [1.807, 2.05) is 37.5 Å². The number of nitrogens with one attached hydrogen (secondary N) is 3. The summed E-state index contributed by atoms with van der Waals surface area (Å²) in [6.45, 7) is 1.76. The Bertz CT molecular complexity index is 1380. The lowest BCUT2D eigenvalue weighted by Crippen LogP contribution is -2.19. The first-order chi connectivity index (χ1) is 15.0. The topological polar surface area (TPSA) is 114 Å². The van der Waals surface area contributed by atoms with Crippen molar-refractivity contribution >= 4 is 28.4 Å². The summed E-state index contributed by atoms with van der Waals surface area (Å²) in [6.07, 6.45) is 3.74. The second-order valence-electron chi connectivity index (χ2n) is 7.21. The number of H-pyrrole nitrogens is 1. The van der Waals surface area contributed by atoms with Gasteiger partial charge in [0.25, 0.3) is 0 Å². The molecule has 0 atom stereocenters. The molecule has 3 heterocycles. The van der Waals surface area contributed by atoms with E-state index >= 15 is 0 Å². The van der Waals surface area contributed by atoms with E-state index in [4.69, 9.17) is 4.52 Å². The standard InChI is InChI=1S/C22H19N7O2/c1-13-9-20(28-31-13)25-22(30)24-17-6-3-14(4-7-17)15-5-8-18-19(10-15)26-27-21(18)16-11-23-29(2)12-16/h3-12H,1-2H3,(H,26,27)(H2,24,25,28,30). The van der Waals surface area contributed by atoms with Gasteiger partial charge in [-0.1, -0.05) is 23.4 Å². The van der Waals surface area contributed by atoms with Crippen LogP contribution in [0.4, 0.5) is 16.3 Å². The highest BCUT2D eigenvalue weighted by Crippen LogP contribution is 2.30. The number of aromatic nitrogens is 5. The number of hydrogen-bond donors (Lipinski definition) is 3. The number of fused-ring (bicyclic) bond motifs is 1. The van der Waals surface area contributed by atoms with Gasteiger partial charge >= 0.3 is 6.03 Å². The molecule has 5 aromatic rings. The Hall–Kier alpha value is -4.40. The van der Waals surface area contributed by atoms with Gasteiger partial charge < -0.3 is 9.84 Å². The predicted molar refractivity (Wildman–Crippen MR) is 118 cm³/mol. The molecule has 0 aliphatic heterocycles. The first-order valence-corrected chi connectivity index (χ1v) is 9.64. The molecule has 9 nitrogen and oxygen atoms in total. The summed E-state index contributed by atoms with van der Waals surface area (Å²) in [5.74, 6) is 0.992. The largest absolute Gasteiger partial charge is 0.360 e. The van der Waals surface area contributed by atoms with Crippen molar-refractivity contribution < 1.29 is 9.32 Å². The van der Waals surface area contributed by atoms with E-state index < -0.39 is 0 Å². The summed E-state index contributed by atoms with van der Waals surface area (Å²) in [7, 11) is 1.88. The van der Waals surface area contributed by atoms with Crippen LogP contribution in [0.15, 0.2) is 65.4 Å². The summed E-state index contributed by atoms with van der Waals surface area (Å²) in [5, 5.41) is 21.9. The van der Waals surface area contributed by atoms with E-state index in [-0.39, 0.29) is 6.03 Å². The Morgan fingerprint density at radius 3 is 2.55 bits per heavy atom. The molecule has 0 aliphatic carbocycles. The van der Waals surface area contributed by atoms with Crippen LogP contribution in [0, 0.1) is 6.92 Å². The van der Waals surface area contributed by atoms with E-state index in [0.717, 1.165) is 33.3 Å². The summed E-state index contributed by atoms with van der Waals surface area (Å²) in [5.41, 5.74) is 5.53. The lowest BCUT2D eigenvalue weighted by molar-refractivity contribution is 0.262. The molecule has 3 aromatic heterocycles. The maximum atomic E-state index is 12.1. The molecule has 2 aromatic carbocycles. The van der Waals surface area contributed by atoms with Gasteiger partial charge in [-0.3, -0.25) is 15.1 Å². The van der Waals surface area contributed by atoms with E-state index in [1.165, 1.54) is 0 Å². The predicted octanol–water partition coefficient (Wildman–Crippen LogP) is 4.57. The molecule has 31 heavy (non-hydrogen) atoms. The normalized spacial score (nSPS) is 11.0. The van der Waals surface area contributed by atoms with Gasteiger partial charge in [-0.2, -0.15) is 10.2 Å². The van der Waals surface area contributed by atoms with Crippen LogP contribution < -0.4 is 10.6 Å². The number of aromatic amines is 1. The molecule has 3 N–H and O–H groups in total. The molecule has 0 spiro atoms. The lowest BCUT2D eigenvalue weighted by atomic mass is 10.0. The van der Waals surface area contributed by atoms with Crippen LogP contribution in [0.2, 0.25) is 0 Å². The van der Waals surface area contributed by atoms with Crippen LogP contribution >= 0.6 is 0 Å². The zero-order chi connectivity index (χ0) is 21.4. The van der Waals surface area contributed by atoms with Crippen molar-refractivity contribution in [2.75, 3.05) is 10.6 Å². The number of benzene rings is 2. The zero-order valence-electron chi connectivity index (χ0n) is 16.9. The second kappa shape index (κ2) is 7.45. The molecule has 5 rings (SSSR count). The van der Waals surface area contributed by atoms with E-state index in [1.54, 1.807) is 23.9 Å². The Labute approximate surface area is 177 Å². The Morgan fingerprint density at radius 1 is 1.03 bits per heavy atom. The van der Waals surface area contributed by atoms with Crippen molar-refractivity contribution in [3.05, 3.63) is 66.7 Å². The number of aryl methyl sites for hydroxylation is 2. The van der Waals surface area contributed by atoms with Gasteiger partial charge in [-0.15, -0.1) is 0 Å². The van der Waals surface area contributed by atoms with Gasteiger partial charge in [-0.25, -0.2) is 4.79 Å². The number of hydrogen-bond acceptors (Lipinski definition) is 5. The number of anilines is 2. The van der Waals surface area contributed by atoms with Crippen molar-refractivity contribution in [1.29, 1.82) is 0 Å². The van der Waals surface area contributed by atoms with Crippen molar-refractivity contribution in [3.8, 4) is 22.4 Å². The van der Waals surface area contributed by atoms with Crippen LogP contribution in [0.1, 0.15) is 5.76 Å². The first-order valence-electron chi connectivity index (χ1n) is 9.64. The van der Waals surface area contributed by atoms with Crippen LogP contribution in [0.25, 0.3) is 33.3 Å². The van der Waals surface area contributed by atoms with Crippen molar-refractivity contribution in [3.63, 3.8) is 0 Å². The van der Waals surface area contributed by atoms with E-state index in [9.17, 15) is 4.79 Å². The molecular weight excluding hydrogens is 394 g/mol. The van der Waals surface area contributed by atoms with Crippen LogP contribution in [0.5, 0.6) is 0 Å². The highest BCUT2D eigenvalue weighted by atomic mass is 16.5. The number of carbonyl (C=O) groups excluding carboxylic acids is 1. The number of urea groups is 1. The molecular formula is C22H19N7O2. The summed E-state index contributed by atoms with van der Waals surface area (Å²) in [6, 6.07) is 15.0. The average molecular weight is 413 g/mol. The van der Waals surface area contributed by atoms with Crippen LogP contribution in [-0.4, -0.2) is 31.2 Å². The summed E-state index contributed by atoms with van der Waals surface area (Å²) in [4.78, 5) is 12.1. The number of amides is 2.